The molecular formula is C16H23NO4S. The van der Waals surface area contributed by atoms with E-state index in [4.69, 9.17) is 4.74 Å². The van der Waals surface area contributed by atoms with Crippen molar-refractivity contribution in [2.75, 3.05) is 12.8 Å². The van der Waals surface area contributed by atoms with E-state index in [-0.39, 0.29) is 17.0 Å². The van der Waals surface area contributed by atoms with Crippen LogP contribution in [-0.4, -0.2) is 37.8 Å². The summed E-state index contributed by atoms with van der Waals surface area (Å²) in [4.78, 5) is 14.3. The van der Waals surface area contributed by atoms with Crippen molar-refractivity contribution in [2.45, 2.75) is 50.2 Å². The summed E-state index contributed by atoms with van der Waals surface area (Å²) in [5.74, 6) is 0. The summed E-state index contributed by atoms with van der Waals surface area (Å²) in [6.45, 7) is 6.19. The quantitative estimate of drug-likeness (QED) is 0.838. The fourth-order valence-electron chi connectivity index (χ4n) is 2.59. The van der Waals surface area contributed by atoms with Crippen molar-refractivity contribution >= 4 is 15.9 Å². The second-order valence-electron chi connectivity index (χ2n) is 6.67. The number of ether oxygens (including phenoxy) is 1. The molecule has 22 heavy (non-hydrogen) atoms. The molecule has 1 atom stereocenters. The molecule has 1 aliphatic heterocycles. The summed E-state index contributed by atoms with van der Waals surface area (Å²) in [7, 11) is -3.20. The molecular weight excluding hydrogens is 302 g/mol. The first-order valence-corrected chi connectivity index (χ1v) is 9.27. The van der Waals surface area contributed by atoms with E-state index in [1.54, 1.807) is 29.2 Å². The van der Waals surface area contributed by atoms with Gasteiger partial charge in [-0.05, 0) is 51.3 Å². The van der Waals surface area contributed by atoms with Crippen LogP contribution in [-0.2, 0) is 14.6 Å². The molecule has 2 rings (SSSR count). The maximum absolute atomic E-state index is 12.3. The molecule has 1 aromatic rings. The normalized spacial score (nSPS) is 19.3. The van der Waals surface area contributed by atoms with E-state index in [1.165, 1.54) is 6.26 Å². The van der Waals surface area contributed by atoms with Gasteiger partial charge in [0.2, 0.25) is 0 Å². The van der Waals surface area contributed by atoms with Crippen molar-refractivity contribution < 1.29 is 17.9 Å². The Bertz CT molecular complexity index is 644. The fourth-order valence-corrected chi connectivity index (χ4v) is 3.22. The zero-order valence-electron chi connectivity index (χ0n) is 13.5. The number of sulfone groups is 1. The van der Waals surface area contributed by atoms with E-state index >= 15 is 0 Å². The molecule has 1 saturated heterocycles. The molecule has 0 N–H and O–H groups in total. The van der Waals surface area contributed by atoms with Crippen LogP contribution in [0.15, 0.2) is 29.2 Å². The first kappa shape index (κ1) is 16.8. The number of carbonyl (C=O) groups excluding carboxylic acids is 1. The van der Waals surface area contributed by atoms with Gasteiger partial charge in [-0.2, -0.15) is 0 Å². The van der Waals surface area contributed by atoms with Gasteiger partial charge < -0.3 is 9.64 Å². The number of carbonyl (C=O) groups is 1. The van der Waals surface area contributed by atoms with Crippen molar-refractivity contribution in [1.29, 1.82) is 0 Å². The molecule has 0 bridgehead atoms. The molecule has 1 aliphatic rings. The van der Waals surface area contributed by atoms with Gasteiger partial charge >= 0.3 is 6.09 Å². The monoisotopic (exact) mass is 325 g/mol. The van der Waals surface area contributed by atoms with Gasteiger partial charge in [0, 0.05) is 12.8 Å². The molecule has 0 radical (unpaired) electrons. The van der Waals surface area contributed by atoms with E-state index in [0.29, 0.717) is 6.54 Å². The highest BCUT2D eigenvalue weighted by molar-refractivity contribution is 7.90. The highest BCUT2D eigenvalue weighted by Crippen LogP contribution is 2.33. The van der Waals surface area contributed by atoms with Crippen molar-refractivity contribution in [1.82, 2.24) is 4.90 Å². The Morgan fingerprint density at radius 2 is 1.82 bits per heavy atom. The van der Waals surface area contributed by atoms with Gasteiger partial charge in [0.15, 0.2) is 9.84 Å². The maximum atomic E-state index is 12.3. The average Bonchev–Trinajstić information content (AvgIpc) is 2.85. The standard InChI is InChI=1S/C16H23NO4S/c1-16(2,3)21-15(18)17-11-5-6-14(17)12-7-9-13(10-8-12)22(4,19)20/h7-10,14H,5-6,11H2,1-4H3/t14-/m1/s1. The Morgan fingerprint density at radius 3 is 2.32 bits per heavy atom. The number of amides is 1. The Hall–Kier alpha value is -1.56. The highest BCUT2D eigenvalue weighted by Gasteiger charge is 2.33. The van der Waals surface area contributed by atoms with Crippen LogP contribution in [0.2, 0.25) is 0 Å². The fraction of sp³-hybridized carbons (Fsp3) is 0.562. The zero-order valence-corrected chi connectivity index (χ0v) is 14.3. The van der Waals surface area contributed by atoms with Crippen LogP contribution in [0.4, 0.5) is 4.79 Å². The minimum atomic E-state index is -3.20. The van der Waals surface area contributed by atoms with Crippen molar-refractivity contribution in [3.63, 3.8) is 0 Å². The van der Waals surface area contributed by atoms with Gasteiger partial charge in [-0.3, -0.25) is 0 Å². The third-order valence-corrected chi connectivity index (χ3v) is 4.70. The second-order valence-corrected chi connectivity index (χ2v) is 8.69. The SMILES string of the molecule is CC(C)(C)OC(=O)N1CCC[C@@H]1c1ccc(S(C)(=O)=O)cc1. The van der Waals surface area contributed by atoms with E-state index in [9.17, 15) is 13.2 Å². The Kier molecular flexibility index (Phi) is 4.52. The van der Waals surface area contributed by atoms with Gasteiger partial charge in [0.1, 0.15) is 5.60 Å². The maximum Gasteiger partial charge on any atom is 0.410 e. The topological polar surface area (TPSA) is 63.7 Å². The smallest absolute Gasteiger partial charge is 0.410 e. The van der Waals surface area contributed by atoms with Gasteiger partial charge in [-0.1, -0.05) is 12.1 Å². The number of hydrogen-bond acceptors (Lipinski definition) is 4. The predicted molar refractivity (Wildman–Crippen MR) is 84.5 cm³/mol. The molecule has 0 saturated carbocycles. The van der Waals surface area contributed by atoms with E-state index in [2.05, 4.69) is 0 Å². The van der Waals surface area contributed by atoms with Crippen LogP contribution in [0.1, 0.15) is 45.2 Å². The number of rotatable bonds is 2. The highest BCUT2D eigenvalue weighted by atomic mass is 32.2. The van der Waals surface area contributed by atoms with Gasteiger partial charge in [-0.15, -0.1) is 0 Å². The van der Waals surface area contributed by atoms with Gasteiger partial charge in [0.05, 0.1) is 10.9 Å². The Morgan fingerprint density at radius 1 is 1.23 bits per heavy atom. The summed E-state index contributed by atoms with van der Waals surface area (Å²) in [6.07, 6.45) is 2.64. The lowest BCUT2D eigenvalue weighted by molar-refractivity contribution is 0.0224. The molecule has 1 fully saturated rings. The average molecular weight is 325 g/mol. The van der Waals surface area contributed by atoms with Crippen LogP contribution < -0.4 is 0 Å². The summed E-state index contributed by atoms with van der Waals surface area (Å²) >= 11 is 0. The molecule has 0 aliphatic carbocycles. The van der Waals surface area contributed by atoms with Gasteiger partial charge in [0.25, 0.3) is 0 Å². The van der Waals surface area contributed by atoms with E-state index < -0.39 is 15.4 Å². The molecule has 0 unspecified atom stereocenters. The van der Waals surface area contributed by atoms with Crippen LogP contribution in [0, 0.1) is 0 Å². The zero-order chi connectivity index (χ0) is 16.5. The summed E-state index contributed by atoms with van der Waals surface area (Å²) < 4.78 is 28.5. The first-order valence-electron chi connectivity index (χ1n) is 7.37. The van der Waals surface area contributed by atoms with Crippen LogP contribution in [0.3, 0.4) is 0 Å². The molecule has 0 aromatic heterocycles. The molecule has 1 amide bonds. The Labute approximate surface area is 132 Å². The van der Waals surface area contributed by atoms with Crippen LogP contribution >= 0.6 is 0 Å². The molecule has 1 aromatic carbocycles. The molecule has 122 valence electrons. The van der Waals surface area contributed by atoms with Crippen LogP contribution in [0.25, 0.3) is 0 Å². The largest absolute Gasteiger partial charge is 0.444 e. The summed E-state index contributed by atoms with van der Waals surface area (Å²) in [5.41, 5.74) is 0.417. The third kappa shape index (κ3) is 4.00. The minimum Gasteiger partial charge on any atom is -0.444 e. The molecule has 1 heterocycles. The van der Waals surface area contributed by atoms with E-state index in [1.807, 2.05) is 20.8 Å². The lowest BCUT2D eigenvalue weighted by Crippen LogP contribution is -2.36. The number of nitrogens with zero attached hydrogens (tertiary/aromatic N) is 1. The predicted octanol–water partition coefficient (Wildman–Crippen LogP) is 3.16. The van der Waals surface area contributed by atoms with Crippen molar-refractivity contribution in [2.24, 2.45) is 0 Å². The molecule has 0 spiro atoms. The molecule has 5 nitrogen and oxygen atoms in total. The van der Waals surface area contributed by atoms with Crippen molar-refractivity contribution in [3.05, 3.63) is 29.8 Å². The Balaban J connectivity index is 2.19. The van der Waals surface area contributed by atoms with Crippen molar-refractivity contribution in [3.8, 4) is 0 Å². The number of likely N-dealkylation sites (tertiary alicyclic amines) is 1. The van der Waals surface area contributed by atoms with E-state index in [0.717, 1.165) is 18.4 Å². The molecule has 6 heteroatoms. The third-order valence-electron chi connectivity index (χ3n) is 3.57. The minimum absolute atomic E-state index is 0.0524. The summed E-state index contributed by atoms with van der Waals surface area (Å²) in [6, 6.07) is 6.70. The lowest BCUT2D eigenvalue weighted by atomic mass is 10.1. The van der Waals surface area contributed by atoms with Gasteiger partial charge in [-0.25, -0.2) is 13.2 Å². The number of benzene rings is 1. The summed E-state index contributed by atoms with van der Waals surface area (Å²) in [5, 5.41) is 0. The number of hydrogen-bond donors (Lipinski definition) is 0. The second kappa shape index (κ2) is 5.91. The lowest BCUT2D eigenvalue weighted by Gasteiger charge is -2.28. The van der Waals surface area contributed by atoms with Crippen LogP contribution in [0.5, 0.6) is 0 Å². The first-order chi connectivity index (χ1) is 10.1.